The molecule has 1 spiro atoms. The van der Waals surface area contributed by atoms with Gasteiger partial charge in [0.1, 0.15) is 5.75 Å². The summed E-state index contributed by atoms with van der Waals surface area (Å²) in [6.45, 7) is 0. The highest BCUT2D eigenvalue weighted by Crippen LogP contribution is 2.65. The van der Waals surface area contributed by atoms with Crippen LogP contribution in [0.5, 0.6) is 11.5 Å². The highest BCUT2D eigenvalue weighted by molar-refractivity contribution is 6.10. The largest absolute Gasteiger partial charge is 0.497 e. The van der Waals surface area contributed by atoms with Crippen molar-refractivity contribution >= 4 is 45.2 Å². The maximum Gasteiger partial charge on any atom is 0.235 e. The number of hydrogen-bond acceptors (Lipinski definition) is 7. The van der Waals surface area contributed by atoms with Crippen molar-refractivity contribution < 1.29 is 14.3 Å². The molecule has 2 aliphatic rings. The van der Waals surface area contributed by atoms with Gasteiger partial charge in [-0.15, -0.1) is 0 Å². The first kappa shape index (κ1) is 20.7. The van der Waals surface area contributed by atoms with Crippen molar-refractivity contribution in [2.24, 2.45) is 0 Å². The fourth-order valence-corrected chi connectivity index (χ4v) is 5.39. The molecule has 0 unspecified atom stereocenters. The van der Waals surface area contributed by atoms with E-state index in [1.54, 1.807) is 20.4 Å². The molecule has 0 radical (unpaired) electrons. The number of amides is 1. The summed E-state index contributed by atoms with van der Waals surface area (Å²) >= 11 is 0. The Bertz CT molecular complexity index is 1700. The summed E-state index contributed by atoms with van der Waals surface area (Å²) in [6.07, 6.45) is 2.49. The maximum absolute atomic E-state index is 13.0. The number of methoxy groups -OCH3 is 2. The zero-order valence-electron chi connectivity index (χ0n) is 19.6. The van der Waals surface area contributed by atoms with Gasteiger partial charge in [0.2, 0.25) is 5.91 Å². The molecule has 9 heteroatoms. The lowest BCUT2D eigenvalue weighted by Crippen LogP contribution is -2.21. The summed E-state index contributed by atoms with van der Waals surface area (Å²) in [4.78, 5) is 22.0. The molecular weight excluding hydrogens is 456 g/mol. The SMILES string of the molecule is COc1ccc2c(c1)[C@]1(C[C@H]1c1ccc3c(Nc4nc5cccnc5cc4OC)n[nH]c3c1)C(=O)N2. The molecule has 2 atom stereocenters. The van der Waals surface area contributed by atoms with Gasteiger partial charge in [0.25, 0.3) is 0 Å². The van der Waals surface area contributed by atoms with E-state index in [9.17, 15) is 4.79 Å². The van der Waals surface area contributed by atoms with E-state index >= 15 is 0 Å². The smallest absolute Gasteiger partial charge is 0.235 e. The normalized spacial score (nSPS) is 19.9. The minimum absolute atomic E-state index is 0.0479. The number of carbonyl (C=O) groups is 1. The van der Waals surface area contributed by atoms with Gasteiger partial charge in [-0.05, 0) is 60.0 Å². The number of anilines is 3. The van der Waals surface area contributed by atoms with Gasteiger partial charge in [-0.2, -0.15) is 5.10 Å². The number of rotatable bonds is 5. The Balaban J connectivity index is 1.22. The first-order chi connectivity index (χ1) is 17.6. The van der Waals surface area contributed by atoms with E-state index in [1.165, 1.54) is 0 Å². The van der Waals surface area contributed by atoms with Gasteiger partial charge >= 0.3 is 0 Å². The van der Waals surface area contributed by atoms with Gasteiger partial charge < -0.3 is 20.1 Å². The Hall–Kier alpha value is -4.66. The highest BCUT2D eigenvalue weighted by atomic mass is 16.5. The second kappa shape index (κ2) is 7.42. The molecule has 2 aromatic carbocycles. The summed E-state index contributed by atoms with van der Waals surface area (Å²) < 4.78 is 10.9. The molecule has 1 aliphatic carbocycles. The van der Waals surface area contributed by atoms with Crippen molar-refractivity contribution in [1.29, 1.82) is 0 Å². The Morgan fingerprint density at radius 3 is 2.81 bits per heavy atom. The summed E-state index contributed by atoms with van der Waals surface area (Å²) in [5, 5.41) is 14.9. The third-order valence-corrected chi connectivity index (χ3v) is 7.32. The summed E-state index contributed by atoms with van der Waals surface area (Å²) in [7, 11) is 3.24. The van der Waals surface area contributed by atoms with E-state index < -0.39 is 5.41 Å². The molecule has 0 saturated heterocycles. The number of ether oxygens (including phenoxy) is 2. The molecule has 36 heavy (non-hydrogen) atoms. The Labute approximate surface area is 205 Å². The van der Waals surface area contributed by atoms with Crippen LogP contribution >= 0.6 is 0 Å². The molecule has 0 bridgehead atoms. The summed E-state index contributed by atoms with van der Waals surface area (Å²) in [5.74, 6) is 2.67. The quantitative estimate of drug-likeness (QED) is 0.337. The monoisotopic (exact) mass is 478 g/mol. The van der Waals surface area contributed by atoms with Gasteiger partial charge in [0.05, 0.1) is 36.2 Å². The first-order valence-electron chi connectivity index (χ1n) is 11.7. The average Bonchev–Trinajstić information content (AvgIpc) is 3.46. The van der Waals surface area contributed by atoms with E-state index in [0.717, 1.165) is 50.9 Å². The topological polar surface area (TPSA) is 114 Å². The number of nitrogens with zero attached hydrogens (tertiary/aromatic N) is 3. The lowest BCUT2D eigenvalue weighted by molar-refractivity contribution is -0.118. The Morgan fingerprint density at radius 2 is 1.94 bits per heavy atom. The van der Waals surface area contributed by atoms with Crippen LogP contribution in [-0.4, -0.2) is 40.3 Å². The number of pyridine rings is 2. The van der Waals surface area contributed by atoms with Crippen molar-refractivity contribution in [2.75, 3.05) is 24.9 Å². The number of H-pyrrole nitrogens is 1. The molecule has 1 amide bonds. The number of carbonyl (C=O) groups excluding carboxylic acids is 1. The lowest BCUT2D eigenvalue weighted by Gasteiger charge is -2.11. The maximum atomic E-state index is 13.0. The third-order valence-electron chi connectivity index (χ3n) is 7.32. The minimum atomic E-state index is -0.547. The lowest BCUT2D eigenvalue weighted by atomic mass is 9.91. The average molecular weight is 479 g/mol. The van der Waals surface area contributed by atoms with E-state index in [-0.39, 0.29) is 11.8 Å². The molecule has 1 saturated carbocycles. The second-order valence-electron chi connectivity index (χ2n) is 9.18. The number of benzene rings is 2. The van der Waals surface area contributed by atoms with E-state index in [2.05, 4.69) is 42.9 Å². The predicted molar refractivity (Wildman–Crippen MR) is 136 cm³/mol. The molecule has 3 aromatic heterocycles. The predicted octanol–water partition coefficient (Wildman–Crippen LogP) is 4.64. The minimum Gasteiger partial charge on any atom is -0.497 e. The van der Waals surface area contributed by atoms with E-state index in [4.69, 9.17) is 9.47 Å². The van der Waals surface area contributed by atoms with Gasteiger partial charge in [-0.3, -0.25) is 14.9 Å². The number of nitrogens with one attached hydrogen (secondary N) is 3. The van der Waals surface area contributed by atoms with Crippen LogP contribution in [0.2, 0.25) is 0 Å². The van der Waals surface area contributed by atoms with Gasteiger partial charge in [-0.1, -0.05) is 6.07 Å². The number of aromatic nitrogens is 4. The molecule has 178 valence electrons. The Morgan fingerprint density at radius 1 is 1.03 bits per heavy atom. The Kier molecular flexibility index (Phi) is 4.26. The molecule has 1 fully saturated rings. The zero-order valence-corrected chi connectivity index (χ0v) is 19.6. The van der Waals surface area contributed by atoms with Crippen LogP contribution in [0.1, 0.15) is 23.5 Å². The second-order valence-corrected chi connectivity index (χ2v) is 9.18. The summed E-state index contributed by atoms with van der Waals surface area (Å²) in [5.41, 5.74) is 4.81. The highest BCUT2D eigenvalue weighted by Gasteiger charge is 2.65. The van der Waals surface area contributed by atoms with Crippen molar-refractivity contribution in [3.05, 3.63) is 71.9 Å². The number of aromatic amines is 1. The van der Waals surface area contributed by atoms with Crippen LogP contribution in [0.25, 0.3) is 21.9 Å². The van der Waals surface area contributed by atoms with E-state index in [1.807, 2.05) is 42.5 Å². The van der Waals surface area contributed by atoms with Crippen LogP contribution < -0.4 is 20.1 Å². The summed E-state index contributed by atoms with van der Waals surface area (Å²) in [6, 6.07) is 17.5. The molecule has 3 N–H and O–H groups in total. The van der Waals surface area contributed by atoms with Crippen LogP contribution in [0, 0.1) is 0 Å². The molecule has 4 heterocycles. The number of fused-ring (bicyclic) bond motifs is 4. The van der Waals surface area contributed by atoms with E-state index in [0.29, 0.717) is 17.4 Å². The standard InChI is InChI=1S/C27H22N6O3/c1-35-15-6-8-19-17(11-15)27(26(34)30-19)13-18(27)14-5-7-16-21(10-14)32-33-24(16)31-25-23(36-2)12-22-20(29-25)4-3-9-28-22/h3-12,18H,13H2,1-2H3,(H,30,34)(H2,29,31,32,33)/t18-,27-/m0/s1. The van der Waals surface area contributed by atoms with Crippen molar-refractivity contribution in [1.82, 2.24) is 20.2 Å². The van der Waals surface area contributed by atoms with Crippen LogP contribution in [0.15, 0.2) is 60.8 Å². The zero-order chi connectivity index (χ0) is 24.4. The third kappa shape index (κ3) is 2.89. The van der Waals surface area contributed by atoms with Crippen molar-refractivity contribution in [3.63, 3.8) is 0 Å². The fraction of sp³-hybridized carbons (Fsp3) is 0.185. The van der Waals surface area contributed by atoms with Crippen LogP contribution in [-0.2, 0) is 10.2 Å². The van der Waals surface area contributed by atoms with Gasteiger partial charge in [0, 0.05) is 29.3 Å². The number of hydrogen-bond donors (Lipinski definition) is 3. The first-order valence-corrected chi connectivity index (χ1v) is 11.7. The molecule has 5 aromatic rings. The molecule has 7 rings (SSSR count). The van der Waals surface area contributed by atoms with Gasteiger partial charge in [0.15, 0.2) is 17.4 Å². The van der Waals surface area contributed by atoms with Crippen LogP contribution in [0.4, 0.5) is 17.3 Å². The fourth-order valence-electron chi connectivity index (χ4n) is 5.39. The molecule has 9 nitrogen and oxygen atoms in total. The molecule has 1 aliphatic heterocycles. The van der Waals surface area contributed by atoms with Gasteiger partial charge in [-0.25, -0.2) is 4.98 Å². The van der Waals surface area contributed by atoms with Crippen molar-refractivity contribution in [2.45, 2.75) is 17.8 Å². The van der Waals surface area contributed by atoms with Crippen molar-refractivity contribution in [3.8, 4) is 11.5 Å². The van der Waals surface area contributed by atoms with Crippen LogP contribution in [0.3, 0.4) is 0 Å². The molecular formula is C27H22N6O3.